The zero-order valence-corrected chi connectivity index (χ0v) is 34.3. The van der Waals surface area contributed by atoms with E-state index in [0.29, 0.717) is 39.2 Å². The quantitative estimate of drug-likeness (QED) is 0.0377. The van der Waals surface area contributed by atoms with Crippen LogP contribution in [-0.4, -0.2) is 44.6 Å². The van der Waals surface area contributed by atoms with Gasteiger partial charge in [-0.1, -0.05) is 47.5 Å². The fourth-order valence-corrected chi connectivity index (χ4v) is 8.20. The highest BCUT2D eigenvalue weighted by Gasteiger charge is 2.46. The molecule has 0 aliphatic heterocycles. The number of halogens is 2. The first-order valence-corrected chi connectivity index (χ1v) is 19.2. The van der Waals surface area contributed by atoms with Crippen molar-refractivity contribution in [1.82, 2.24) is 9.97 Å². The van der Waals surface area contributed by atoms with Gasteiger partial charge in [-0.05, 0) is 154 Å². The molecule has 6 aromatic rings. The maximum atomic E-state index is 11.7. The number of nitrogens with zero attached hydrogens (tertiary/aromatic N) is 2. The highest BCUT2D eigenvalue weighted by Crippen LogP contribution is 2.48. The van der Waals surface area contributed by atoms with Crippen molar-refractivity contribution in [3.05, 3.63) is 117 Å². The number of fused-ring (bicyclic) bond motifs is 2. The number of aliphatic hydroxyl groups excluding tert-OH is 2. The van der Waals surface area contributed by atoms with Crippen molar-refractivity contribution in [2.45, 2.75) is 77.8 Å². The lowest BCUT2D eigenvalue weighted by molar-refractivity contribution is -0.337. The first kappa shape index (κ1) is 41.3. The Morgan fingerprint density at radius 1 is 0.679 bits per heavy atom. The first-order chi connectivity index (χ1) is 26.5. The summed E-state index contributed by atoms with van der Waals surface area (Å²) in [5.74, 6) is 10.4. The minimum atomic E-state index is -1.69. The van der Waals surface area contributed by atoms with Crippen molar-refractivity contribution in [2.75, 3.05) is 24.1 Å². The summed E-state index contributed by atoms with van der Waals surface area (Å²) in [6, 6.07) is 26.7. The van der Waals surface area contributed by atoms with Crippen LogP contribution in [0.2, 0.25) is 10.0 Å². The van der Waals surface area contributed by atoms with E-state index in [-0.39, 0.29) is 6.61 Å². The minimum Gasteiger partial charge on any atom is -0.396 e. The van der Waals surface area contributed by atoms with Gasteiger partial charge in [0.05, 0.1) is 28.8 Å². The average Bonchev–Trinajstić information content (AvgIpc) is 3.15. The number of nitrogen functional groups attached to an aromatic ring is 2. The van der Waals surface area contributed by atoms with E-state index in [1.165, 1.54) is 0 Å². The van der Waals surface area contributed by atoms with Gasteiger partial charge in [-0.25, -0.2) is 21.7 Å². The summed E-state index contributed by atoms with van der Waals surface area (Å²) in [5.41, 5.74) is 11.7. The Kier molecular flexibility index (Phi) is 12.0. The second kappa shape index (κ2) is 16.2. The van der Waals surface area contributed by atoms with Gasteiger partial charge in [-0.3, -0.25) is 0 Å². The molecule has 4 aromatic carbocycles. The lowest BCUT2D eigenvalue weighted by atomic mass is 9.80. The molecule has 6 rings (SSSR count). The van der Waals surface area contributed by atoms with Gasteiger partial charge in [0.1, 0.15) is 18.2 Å². The van der Waals surface area contributed by atoms with Crippen LogP contribution in [0.25, 0.3) is 44.1 Å². The van der Waals surface area contributed by atoms with Crippen molar-refractivity contribution in [3.63, 3.8) is 0 Å². The summed E-state index contributed by atoms with van der Waals surface area (Å²) >= 11 is 12.7. The second-order valence-corrected chi connectivity index (χ2v) is 16.7. The fraction of sp³-hybridized carbons (Fsp3) is 0.318. The van der Waals surface area contributed by atoms with Gasteiger partial charge in [0.25, 0.3) is 0 Å². The molecule has 56 heavy (non-hydrogen) atoms. The van der Waals surface area contributed by atoms with Crippen molar-refractivity contribution < 1.29 is 19.7 Å². The number of ether oxygens (including phenoxy) is 2. The molecule has 8 N–H and O–H groups in total. The molecule has 0 fully saturated rings. The number of anilines is 2. The SMILES string of the molecule is Cc1cc2nc(NN)ccc2c(-c2ccc(Cl)cc2)c1[C@@H](CO)CC(C)(C)O[C@@](CO)(OC(C)(C)C)c1c(C)cc2nc(NN)ccc2c1-c1ccc(Cl)cc1. The van der Waals surface area contributed by atoms with Crippen LogP contribution >= 0.6 is 23.2 Å². The average molecular weight is 798 g/mol. The van der Waals surface area contributed by atoms with Crippen molar-refractivity contribution in [3.8, 4) is 22.3 Å². The number of hydrogen-bond acceptors (Lipinski definition) is 10. The monoisotopic (exact) mass is 796 g/mol. The van der Waals surface area contributed by atoms with E-state index in [4.69, 9.17) is 54.3 Å². The number of rotatable bonds is 13. The minimum absolute atomic E-state index is 0.184. The third-order valence-electron chi connectivity index (χ3n) is 9.86. The van der Waals surface area contributed by atoms with Gasteiger partial charge >= 0.3 is 0 Å². The molecule has 0 saturated carbocycles. The third-order valence-corrected chi connectivity index (χ3v) is 10.4. The molecule has 0 unspecified atom stereocenters. The number of nitrogens with two attached hydrogens (primary N) is 2. The molecule has 2 atom stereocenters. The molecule has 10 nitrogen and oxygen atoms in total. The maximum absolute atomic E-state index is 11.7. The maximum Gasteiger partial charge on any atom is 0.220 e. The van der Waals surface area contributed by atoms with Crippen LogP contribution in [0.5, 0.6) is 0 Å². The number of benzene rings is 4. The van der Waals surface area contributed by atoms with Crippen molar-refractivity contribution in [1.29, 1.82) is 0 Å². The highest BCUT2D eigenvalue weighted by molar-refractivity contribution is 6.31. The predicted molar refractivity (Wildman–Crippen MR) is 229 cm³/mol. The highest BCUT2D eigenvalue weighted by atomic mass is 35.5. The molecule has 0 spiro atoms. The summed E-state index contributed by atoms with van der Waals surface area (Å²) in [6.45, 7) is 13.0. The van der Waals surface area contributed by atoms with Crippen LogP contribution in [-0.2, 0) is 15.3 Å². The van der Waals surface area contributed by atoms with Crippen LogP contribution in [0.1, 0.15) is 69.2 Å². The van der Waals surface area contributed by atoms with Gasteiger partial charge < -0.3 is 30.5 Å². The number of aryl methyl sites for hydroxylation is 2. The number of hydrazine groups is 2. The second-order valence-electron chi connectivity index (χ2n) is 15.8. The van der Waals surface area contributed by atoms with Gasteiger partial charge in [-0.2, -0.15) is 0 Å². The number of nitrogens with one attached hydrogen (secondary N) is 2. The number of hydrogen-bond donors (Lipinski definition) is 6. The normalized spacial score (nSPS) is 13.9. The summed E-state index contributed by atoms with van der Waals surface area (Å²) in [4.78, 5) is 9.51. The van der Waals surface area contributed by atoms with E-state index >= 15 is 0 Å². The standard InChI is InChI=1S/C44H50Cl2N6O4/c1-25-20-34-32(16-18-36(49-34)51-47)39(27-8-12-30(45)13-9-27)38(25)29(23-53)22-43(6,7)56-44(24-54,55-42(3,4)5)41-26(2)21-35-33(17-19-37(50-35)52-48)40(41)28-10-14-31(46)15-11-28/h8-21,29,53-54H,22-24,47-48H2,1-7H3,(H,49,51)(H,50,52)/t29-,44-/m1/s1. The third kappa shape index (κ3) is 8.49. The summed E-state index contributed by atoms with van der Waals surface area (Å²) in [5, 5.41) is 25.9. The molecular formula is C44H50Cl2N6O4. The molecule has 0 aliphatic carbocycles. The molecule has 2 heterocycles. The Hall–Kier alpha value is -4.36. The van der Waals surface area contributed by atoms with E-state index in [0.717, 1.165) is 55.2 Å². The summed E-state index contributed by atoms with van der Waals surface area (Å²) < 4.78 is 14.2. The Labute approximate surface area is 338 Å². The Balaban J connectivity index is 1.54. The van der Waals surface area contributed by atoms with Crippen LogP contribution < -0.4 is 22.5 Å². The molecule has 2 aromatic heterocycles. The molecular weight excluding hydrogens is 747 g/mol. The number of aromatic nitrogens is 2. The molecule has 12 heteroatoms. The number of pyridine rings is 2. The molecule has 0 bridgehead atoms. The smallest absolute Gasteiger partial charge is 0.220 e. The van der Waals surface area contributed by atoms with E-state index in [2.05, 4.69) is 10.9 Å². The van der Waals surface area contributed by atoms with Crippen LogP contribution in [0.15, 0.2) is 84.9 Å². The van der Waals surface area contributed by atoms with Crippen LogP contribution in [0, 0.1) is 13.8 Å². The largest absolute Gasteiger partial charge is 0.396 e. The van der Waals surface area contributed by atoms with Crippen LogP contribution in [0.4, 0.5) is 11.6 Å². The van der Waals surface area contributed by atoms with E-state index < -0.39 is 29.5 Å². The van der Waals surface area contributed by atoms with Crippen LogP contribution in [0.3, 0.4) is 0 Å². The lowest BCUT2D eigenvalue weighted by Gasteiger charge is -2.45. The molecule has 0 radical (unpaired) electrons. The van der Waals surface area contributed by atoms with Gasteiger partial charge in [0, 0.05) is 32.3 Å². The zero-order valence-electron chi connectivity index (χ0n) is 32.8. The van der Waals surface area contributed by atoms with E-state index in [1.807, 2.05) is 127 Å². The molecule has 0 aliphatic rings. The predicted octanol–water partition coefficient (Wildman–Crippen LogP) is 9.53. The van der Waals surface area contributed by atoms with Gasteiger partial charge in [-0.15, -0.1) is 0 Å². The van der Waals surface area contributed by atoms with Crippen molar-refractivity contribution in [2.24, 2.45) is 11.7 Å². The first-order valence-electron chi connectivity index (χ1n) is 18.5. The Morgan fingerprint density at radius 3 is 1.62 bits per heavy atom. The van der Waals surface area contributed by atoms with Gasteiger partial charge in [0.15, 0.2) is 0 Å². The zero-order chi connectivity index (χ0) is 40.6. The van der Waals surface area contributed by atoms with Crippen molar-refractivity contribution >= 4 is 56.6 Å². The number of aliphatic hydroxyl groups is 2. The molecule has 0 saturated heterocycles. The summed E-state index contributed by atoms with van der Waals surface area (Å²) in [6.07, 6.45) is 0.345. The summed E-state index contributed by atoms with van der Waals surface area (Å²) in [7, 11) is 0. The Morgan fingerprint density at radius 2 is 1.16 bits per heavy atom. The van der Waals surface area contributed by atoms with E-state index in [9.17, 15) is 10.2 Å². The topological polar surface area (TPSA) is 161 Å². The van der Waals surface area contributed by atoms with E-state index in [1.54, 1.807) is 6.07 Å². The molecule has 294 valence electrons. The Bertz CT molecular complexity index is 2360. The fourth-order valence-electron chi connectivity index (χ4n) is 7.95. The van der Waals surface area contributed by atoms with Gasteiger partial charge in [0.2, 0.25) is 5.79 Å². The lowest BCUT2D eigenvalue weighted by Crippen LogP contribution is -2.49. The molecule has 0 amide bonds.